The zero-order valence-electron chi connectivity index (χ0n) is 6.03. The Labute approximate surface area is 60.7 Å². The molecule has 0 aromatic heterocycles. The summed E-state index contributed by atoms with van der Waals surface area (Å²) in [6.07, 6.45) is 0. The number of hydrazine groups is 2. The molecule has 4 heteroatoms. The van der Waals surface area contributed by atoms with Crippen LogP contribution >= 0.6 is 0 Å². The van der Waals surface area contributed by atoms with E-state index in [-0.39, 0.29) is 0 Å². The van der Waals surface area contributed by atoms with Crippen LogP contribution in [0.15, 0.2) is 0 Å². The Bertz CT molecular complexity index is 110. The fourth-order valence-corrected chi connectivity index (χ4v) is 2.07. The van der Waals surface area contributed by atoms with Crippen LogP contribution in [-0.4, -0.2) is 36.2 Å². The molecule has 0 atom stereocenters. The molecule has 0 aliphatic carbocycles. The van der Waals surface area contributed by atoms with Crippen molar-refractivity contribution in [2.24, 2.45) is 23.5 Å². The summed E-state index contributed by atoms with van der Waals surface area (Å²) in [5.74, 6) is 12.8. The molecule has 0 bridgehead atoms. The summed E-state index contributed by atoms with van der Waals surface area (Å²) in [6.45, 7) is 4.10. The third-order valence-corrected chi connectivity index (χ3v) is 2.54. The highest BCUT2D eigenvalue weighted by atomic mass is 15.5. The van der Waals surface area contributed by atoms with E-state index in [9.17, 15) is 0 Å². The molecule has 0 spiro atoms. The molecule has 4 nitrogen and oxygen atoms in total. The van der Waals surface area contributed by atoms with Crippen molar-refractivity contribution in [3.8, 4) is 0 Å². The first-order chi connectivity index (χ1) is 4.75. The van der Waals surface area contributed by atoms with Crippen molar-refractivity contribution in [2.75, 3.05) is 26.2 Å². The molecule has 2 aliphatic heterocycles. The smallest absolute Gasteiger partial charge is 0.0173 e. The van der Waals surface area contributed by atoms with E-state index in [0.29, 0.717) is 0 Å². The first-order valence-corrected chi connectivity index (χ1v) is 3.75. The van der Waals surface area contributed by atoms with Crippen molar-refractivity contribution in [3.63, 3.8) is 0 Å². The number of hydrogen-bond acceptors (Lipinski definition) is 4. The Kier molecular flexibility index (Phi) is 1.42. The molecule has 0 radical (unpaired) electrons. The average molecular weight is 142 g/mol. The van der Waals surface area contributed by atoms with Crippen LogP contribution in [0.5, 0.6) is 0 Å². The largest absolute Gasteiger partial charge is 0.269 e. The van der Waals surface area contributed by atoms with Crippen molar-refractivity contribution in [1.82, 2.24) is 10.0 Å². The number of hydrogen-bond donors (Lipinski definition) is 2. The Morgan fingerprint density at radius 1 is 0.800 bits per heavy atom. The maximum Gasteiger partial charge on any atom is 0.0173 e. The normalized spacial score (nSPS) is 42.6. The van der Waals surface area contributed by atoms with Gasteiger partial charge >= 0.3 is 0 Å². The molecule has 2 saturated heterocycles. The number of rotatable bonds is 0. The van der Waals surface area contributed by atoms with Gasteiger partial charge in [0.1, 0.15) is 0 Å². The molecule has 0 saturated carbocycles. The fraction of sp³-hybridized carbons (Fsp3) is 1.00. The standard InChI is InChI=1S/C6H14N4/c7-9-1-5-2-10(8)4-6(5)3-9/h5-6H,1-4,7-8H2. The van der Waals surface area contributed by atoms with Crippen LogP contribution in [0, 0.1) is 11.8 Å². The van der Waals surface area contributed by atoms with Crippen LogP contribution in [0.25, 0.3) is 0 Å². The van der Waals surface area contributed by atoms with Gasteiger partial charge in [-0.05, 0) is 11.8 Å². The van der Waals surface area contributed by atoms with Crippen LogP contribution in [0.3, 0.4) is 0 Å². The zero-order valence-corrected chi connectivity index (χ0v) is 6.03. The molecular weight excluding hydrogens is 128 g/mol. The summed E-state index contributed by atoms with van der Waals surface area (Å²) in [7, 11) is 0. The maximum atomic E-state index is 5.64. The van der Waals surface area contributed by atoms with Gasteiger partial charge in [0, 0.05) is 26.2 Å². The van der Waals surface area contributed by atoms with Crippen molar-refractivity contribution in [3.05, 3.63) is 0 Å². The Balaban J connectivity index is 2.00. The Morgan fingerprint density at radius 3 is 1.40 bits per heavy atom. The van der Waals surface area contributed by atoms with Crippen LogP contribution in [-0.2, 0) is 0 Å². The van der Waals surface area contributed by atoms with Gasteiger partial charge in [-0.3, -0.25) is 11.7 Å². The first-order valence-electron chi connectivity index (χ1n) is 3.75. The van der Waals surface area contributed by atoms with Gasteiger partial charge in [0.2, 0.25) is 0 Å². The van der Waals surface area contributed by atoms with Gasteiger partial charge in [0.05, 0.1) is 0 Å². The quantitative estimate of drug-likeness (QED) is 0.408. The van der Waals surface area contributed by atoms with Gasteiger partial charge in [-0.2, -0.15) is 0 Å². The molecule has 4 N–H and O–H groups in total. The van der Waals surface area contributed by atoms with Gasteiger partial charge in [0.15, 0.2) is 0 Å². The summed E-state index contributed by atoms with van der Waals surface area (Å²) in [5, 5.41) is 3.81. The zero-order chi connectivity index (χ0) is 7.14. The predicted molar refractivity (Wildman–Crippen MR) is 38.5 cm³/mol. The molecule has 0 amide bonds. The van der Waals surface area contributed by atoms with Crippen molar-refractivity contribution in [2.45, 2.75) is 0 Å². The molecule has 2 heterocycles. The molecular formula is C6H14N4. The van der Waals surface area contributed by atoms with Crippen LogP contribution in [0.1, 0.15) is 0 Å². The lowest BCUT2D eigenvalue weighted by Gasteiger charge is -2.12. The molecule has 2 rings (SSSR count). The van der Waals surface area contributed by atoms with E-state index in [1.165, 1.54) is 0 Å². The summed E-state index contributed by atoms with van der Waals surface area (Å²) < 4.78 is 0. The highest BCUT2D eigenvalue weighted by Gasteiger charge is 2.37. The molecule has 0 aromatic carbocycles. The van der Waals surface area contributed by atoms with E-state index >= 15 is 0 Å². The van der Waals surface area contributed by atoms with E-state index in [0.717, 1.165) is 38.0 Å². The second kappa shape index (κ2) is 2.17. The summed E-state index contributed by atoms with van der Waals surface area (Å²) in [4.78, 5) is 0. The average Bonchev–Trinajstić information content (AvgIpc) is 2.21. The number of nitrogens with two attached hydrogens (primary N) is 2. The Hall–Kier alpha value is -0.160. The molecule has 0 unspecified atom stereocenters. The van der Waals surface area contributed by atoms with E-state index in [4.69, 9.17) is 11.7 Å². The van der Waals surface area contributed by atoms with Crippen LogP contribution in [0.2, 0.25) is 0 Å². The topological polar surface area (TPSA) is 58.5 Å². The van der Waals surface area contributed by atoms with Gasteiger partial charge in [0.25, 0.3) is 0 Å². The SMILES string of the molecule is NN1CC2CN(N)CC2C1. The van der Waals surface area contributed by atoms with Gasteiger partial charge < -0.3 is 0 Å². The van der Waals surface area contributed by atoms with E-state index in [1.807, 2.05) is 10.0 Å². The molecule has 0 aromatic rings. The van der Waals surface area contributed by atoms with Crippen molar-refractivity contribution in [1.29, 1.82) is 0 Å². The van der Waals surface area contributed by atoms with Gasteiger partial charge in [-0.15, -0.1) is 0 Å². The lowest BCUT2D eigenvalue weighted by atomic mass is 10.0. The third kappa shape index (κ3) is 0.932. The summed E-state index contributed by atoms with van der Waals surface area (Å²) >= 11 is 0. The highest BCUT2D eigenvalue weighted by Crippen LogP contribution is 2.27. The minimum Gasteiger partial charge on any atom is -0.269 e. The lowest BCUT2D eigenvalue weighted by Crippen LogP contribution is -2.35. The second-order valence-corrected chi connectivity index (χ2v) is 3.43. The first kappa shape index (κ1) is 6.54. The van der Waals surface area contributed by atoms with E-state index < -0.39 is 0 Å². The predicted octanol–water partition coefficient (Wildman–Crippen LogP) is -1.40. The number of fused-ring (bicyclic) bond motifs is 1. The minimum absolute atomic E-state index is 0.731. The summed E-state index contributed by atoms with van der Waals surface area (Å²) in [6, 6.07) is 0. The van der Waals surface area contributed by atoms with Crippen LogP contribution < -0.4 is 11.7 Å². The van der Waals surface area contributed by atoms with Gasteiger partial charge in [-0.1, -0.05) is 0 Å². The van der Waals surface area contributed by atoms with Crippen LogP contribution in [0.4, 0.5) is 0 Å². The fourth-order valence-electron chi connectivity index (χ4n) is 2.07. The second-order valence-electron chi connectivity index (χ2n) is 3.43. The molecule has 58 valence electrons. The molecule has 2 fully saturated rings. The van der Waals surface area contributed by atoms with Crippen molar-refractivity contribution >= 4 is 0 Å². The highest BCUT2D eigenvalue weighted by molar-refractivity contribution is 4.89. The van der Waals surface area contributed by atoms with Gasteiger partial charge in [-0.25, -0.2) is 10.0 Å². The Morgan fingerprint density at radius 2 is 1.10 bits per heavy atom. The third-order valence-electron chi connectivity index (χ3n) is 2.54. The lowest BCUT2D eigenvalue weighted by molar-refractivity contribution is 0.264. The minimum atomic E-state index is 0.731. The number of nitrogens with zero attached hydrogens (tertiary/aromatic N) is 2. The molecule has 10 heavy (non-hydrogen) atoms. The summed E-state index contributed by atoms with van der Waals surface area (Å²) in [5.41, 5.74) is 0. The van der Waals surface area contributed by atoms with E-state index in [1.54, 1.807) is 0 Å². The maximum absolute atomic E-state index is 5.64. The van der Waals surface area contributed by atoms with E-state index in [2.05, 4.69) is 0 Å². The van der Waals surface area contributed by atoms with Crippen molar-refractivity contribution < 1.29 is 0 Å². The monoisotopic (exact) mass is 142 g/mol. The molecule has 2 aliphatic rings.